The Bertz CT molecular complexity index is 938. The molecule has 2 aliphatic heterocycles. The zero-order valence-corrected chi connectivity index (χ0v) is 17.5. The zero-order valence-electron chi connectivity index (χ0n) is 17.5. The molecule has 0 amide bonds. The van der Waals surface area contributed by atoms with Crippen LogP contribution in [0.4, 0.5) is 0 Å². The van der Waals surface area contributed by atoms with E-state index in [2.05, 4.69) is 25.1 Å². The van der Waals surface area contributed by atoms with Crippen molar-refractivity contribution in [3.63, 3.8) is 0 Å². The molecule has 2 aromatic carbocycles. The predicted molar refractivity (Wildman–Crippen MR) is 113 cm³/mol. The van der Waals surface area contributed by atoms with Gasteiger partial charge in [-0.05, 0) is 78.1 Å². The van der Waals surface area contributed by atoms with Gasteiger partial charge in [-0.15, -0.1) is 0 Å². The summed E-state index contributed by atoms with van der Waals surface area (Å²) in [6, 6.07) is 8.49. The third-order valence-corrected chi connectivity index (χ3v) is 6.76. The van der Waals surface area contributed by atoms with E-state index < -0.39 is 6.10 Å². The first-order valence-electron chi connectivity index (χ1n) is 11.1. The summed E-state index contributed by atoms with van der Waals surface area (Å²) < 4.78 is 17.6. The number of rotatable bonds is 4. The molecule has 3 atom stereocenters. The van der Waals surface area contributed by atoms with Crippen molar-refractivity contribution >= 4 is 0 Å². The summed E-state index contributed by atoms with van der Waals surface area (Å²) in [6.07, 6.45) is 4.37. The molecule has 3 aliphatic rings. The highest BCUT2D eigenvalue weighted by Gasteiger charge is 2.32. The van der Waals surface area contributed by atoms with Crippen LogP contribution in [0.15, 0.2) is 24.3 Å². The summed E-state index contributed by atoms with van der Waals surface area (Å²) >= 11 is 0. The highest BCUT2D eigenvalue weighted by Crippen LogP contribution is 2.40. The fraction of sp³-hybridized carbons (Fsp3) is 0.520. The van der Waals surface area contributed by atoms with E-state index in [4.69, 9.17) is 14.2 Å². The largest absolute Gasteiger partial charge is 0.486 e. The van der Waals surface area contributed by atoms with Crippen LogP contribution in [-0.2, 0) is 24.0 Å². The molecule has 1 saturated heterocycles. The Hall–Kier alpha value is -2.08. The zero-order chi connectivity index (χ0) is 20.7. The number of ether oxygens (including phenoxy) is 3. The highest BCUT2D eigenvalue weighted by atomic mass is 16.6. The van der Waals surface area contributed by atoms with Gasteiger partial charge in [0.2, 0.25) is 0 Å². The molecule has 1 fully saturated rings. The van der Waals surface area contributed by atoms with Gasteiger partial charge in [-0.1, -0.05) is 12.1 Å². The SMILES string of the molecule is Cc1c(Cc2ccc3c(c2)OCCO3)cc(C2CC(O)CC(CO)O2)c2c1CCC2. The number of aliphatic hydroxyl groups is 2. The van der Waals surface area contributed by atoms with Crippen LogP contribution in [0.1, 0.15) is 58.7 Å². The fourth-order valence-corrected chi connectivity index (χ4v) is 5.25. The number of benzene rings is 2. The minimum absolute atomic E-state index is 0.0499. The van der Waals surface area contributed by atoms with Gasteiger partial charge in [-0.2, -0.15) is 0 Å². The minimum atomic E-state index is -0.430. The smallest absolute Gasteiger partial charge is 0.161 e. The van der Waals surface area contributed by atoms with Crippen LogP contribution in [0.5, 0.6) is 11.5 Å². The monoisotopic (exact) mass is 410 g/mol. The molecule has 2 heterocycles. The van der Waals surface area contributed by atoms with Crippen molar-refractivity contribution in [2.45, 2.75) is 63.8 Å². The van der Waals surface area contributed by atoms with Crippen molar-refractivity contribution in [3.8, 4) is 11.5 Å². The van der Waals surface area contributed by atoms with Crippen molar-refractivity contribution < 1.29 is 24.4 Å². The van der Waals surface area contributed by atoms with Crippen LogP contribution in [0.3, 0.4) is 0 Å². The Labute approximate surface area is 177 Å². The normalized spacial score (nSPS) is 25.2. The van der Waals surface area contributed by atoms with Crippen molar-refractivity contribution in [3.05, 3.63) is 57.6 Å². The molecule has 30 heavy (non-hydrogen) atoms. The molecule has 2 aromatic rings. The molecule has 5 nitrogen and oxygen atoms in total. The van der Waals surface area contributed by atoms with Crippen LogP contribution >= 0.6 is 0 Å². The van der Waals surface area contributed by atoms with Gasteiger partial charge >= 0.3 is 0 Å². The molecule has 0 bridgehead atoms. The van der Waals surface area contributed by atoms with Crippen LogP contribution in [0.25, 0.3) is 0 Å². The van der Waals surface area contributed by atoms with Gasteiger partial charge in [-0.25, -0.2) is 0 Å². The topological polar surface area (TPSA) is 68.2 Å². The lowest BCUT2D eigenvalue weighted by molar-refractivity contribution is -0.114. The number of hydrogen-bond acceptors (Lipinski definition) is 5. The second-order valence-corrected chi connectivity index (χ2v) is 8.77. The molecule has 2 N–H and O–H groups in total. The molecular formula is C25H30O5. The number of aliphatic hydroxyl groups excluding tert-OH is 2. The number of hydrogen-bond donors (Lipinski definition) is 2. The molecule has 0 aromatic heterocycles. The second-order valence-electron chi connectivity index (χ2n) is 8.77. The molecule has 0 radical (unpaired) electrons. The van der Waals surface area contributed by atoms with Crippen molar-refractivity contribution in [2.24, 2.45) is 0 Å². The average molecular weight is 411 g/mol. The molecule has 1 aliphatic carbocycles. The lowest BCUT2D eigenvalue weighted by atomic mass is 9.86. The summed E-state index contributed by atoms with van der Waals surface area (Å²) in [7, 11) is 0. The molecule has 5 rings (SSSR count). The van der Waals surface area contributed by atoms with E-state index in [0.29, 0.717) is 26.1 Å². The number of fused-ring (bicyclic) bond motifs is 2. The highest BCUT2D eigenvalue weighted by molar-refractivity contribution is 5.51. The average Bonchev–Trinajstić information content (AvgIpc) is 3.25. The molecule has 3 unspecified atom stereocenters. The van der Waals surface area contributed by atoms with E-state index in [-0.39, 0.29) is 18.8 Å². The van der Waals surface area contributed by atoms with Crippen molar-refractivity contribution in [2.75, 3.05) is 19.8 Å². The minimum Gasteiger partial charge on any atom is -0.486 e. The maximum Gasteiger partial charge on any atom is 0.161 e. The Kier molecular flexibility index (Phi) is 5.44. The van der Waals surface area contributed by atoms with Gasteiger partial charge in [0.1, 0.15) is 13.2 Å². The first-order chi connectivity index (χ1) is 14.6. The summed E-state index contributed by atoms with van der Waals surface area (Å²) in [5.74, 6) is 1.64. The van der Waals surface area contributed by atoms with Gasteiger partial charge in [0.05, 0.1) is 24.9 Å². The van der Waals surface area contributed by atoms with E-state index >= 15 is 0 Å². The van der Waals surface area contributed by atoms with E-state index in [0.717, 1.165) is 37.2 Å². The van der Waals surface area contributed by atoms with Crippen LogP contribution in [0, 0.1) is 6.92 Å². The molecule has 0 spiro atoms. The Balaban J connectivity index is 1.49. The van der Waals surface area contributed by atoms with Crippen LogP contribution in [0.2, 0.25) is 0 Å². The second kappa shape index (κ2) is 8.22. The quantitative estimate of drug-likeness (QED) is 0.809. The van der Waals surface area contributed by atoms with E-state index in [9.17, 15) is 10.2 Å². The lowest BCUT2D eigenvalue weighted by Crippen LogP contribution is -2.34. The standard InChI is InChI=1S/C25H30O5/c1-15-17(9-16-5-6-23-25(10-16)29-8-7-28-23)11-22(21-4-2-3-20(15)21)24-13-18(27)12-19(14-26)30-24/h5-6,10-11,18-19,24,26-27H,2-4,7-9,12-14H2,1H3. The third kappa shape index (κ3) is 3.70. The van der Waals surface area contributed by atoms with Gasteiger partial charge in [0.25, 0.3) is 0 Å². The Morgan fingerprint density at radius 1 is 1.00 bits per heavy atom. The van der Waals surface area contributed by atoms with Crippen molar-refractivity contribution in [1.82, 2.24) is 0 Å². The van der Waals surface area contributed by atoms with Gasteiger partial charge in [0, 0.05) is 12.8 Å². The maximum absolute atomic E-state index is 10.3. The lowest BCUT2D eigenvalue weighted by Gasteiger charge is -2.34. The van der Waals surface area contributed by atoms with E-state index in [1.165, 1.54) is 33.4 Å². The van der Waals surface area contributed by atoms with E-state index in [1.807, 2.05) is 6.07 Å². The molecule has 5 heteroatoms. The summed E-state index contributed by atoms with van der Waals surface area (Å²) in [4.78, 5) is 0. The summed E-state index contributed by atoms with van der Waals surface area (Å²) in [5.41, 5.74) is 7.92. The third-order valence-electron chi connectivity index (χ3n) is 6.76. The van der Waals surface area contributed by atoms with Gasteiger partial charge in [-0.3, -0.25) is 0 Å². The summed E-state index contributed by atoms with van der Waals surface area (Å²) in [6.45, 7) is 3.37. The Morgan fingerprint density at radius 3 is 2.63 bits per heavy atom. The molecular weight excluding hydrogens is 380 g/mol. The summed E-state index contributed by atoms with van der Waals surface area (Å²) in [5, 5.41) is 19.9. The maximum atomic E-state index is 10.3. The first kappa shape index (κ1) is 19.9. The fourth-order valence-electron chi connectivity index (χ4n) is 5.25. The molecule has 0 saturated carbocycles. The van der Waals surface area contributed by atoms with Crippen LogP contribution < -0.4 is 9.47 Å². The van der Waals surface area contributed by atoms with Crippen molar-refractivity contribution in [1.29, 1.82) is 0 Å². The Morgan fingerprint density at radius 2 is 1.80 bits per heavy atom. The van der Waals surface area contributed by atoms with Gasteiger partial charge in [0.15, 0.2) is 11.5 Å². The first-order valence-corrected chi connectivity index (χ1v) is 11.1. The van der Waals surface area contributed by atoms with Gasteiger partial charge < -0.3 is 24.4 Å². The van der Waals surface area contributed by atoms with E-state index in [1.54, 1.807) is 0 Å². The predicted octanol–water partition coefficient (Wildman–Crippen LogP) is 3.42. The molecule has 160 valence electrons. The van der Waals surface area contributed by atoms with Crippen LogP contribution in [-0.4, -0.2) is 42.2 Å².